The molecular weight excluding hydrogens is 1090 g/mol. The van der Waals surface area contributed by atoms with Gasteiger partial charge in [-0.1, -0.05) is 199 Å². The van der Waals surface area contributed by atoms with E-state index in [1.807, 2.05) is 37.2 Å². The molecule has 0 spiro atoms. The maximum absolute atomic E-state index is 7.17. The zero-order valence-electron chi connectivity index (χ0n) is 58.2. The third-order valence-corrected chi connectivity index (χ3v) is 21.0. The smallest absolute Gasteiger partial charge is 0.204 e. The molecule has 4 aliphatic carbocycles. The number of tetrazole rings is 1. The Kier molecular flexibility index (Phi) is 20.3. The normalized spacial score (nSPS) is 21.7. The van der Waals surface area contributed by atoms with Crippen LogP contribution in [0.15, 0.2) is 122 Å². The largest absolute Gasteiger partial charge is 0.306 e. The van der Waals surface area contributed by atoms with E-state index in [0.29, 0.717) is 40.8 Å². The maximum Gasteiger partial charge on any atom is 0.204 e. The molecular formula is C80H109N9. The van der Waals surface area contributed by atoms with Crippen LogP contribution in [0, 0.1) is 75.6 Å². The fourth-order valence-electron chi connectivity index (χ4n) is 17.0. The summed E-state index contributed by atoms with van der Waals surface area (Å²) in [5.74, 6) is 9.13. The monoisotopic (exact) mass is 1200 g/mol. The number of aromatic nitrogens is 8. The molecule has 0 aliphatic heterocycles. The second kappa shape index (κ2) is 27.0. The summed E-state index contributed by atoms with van der Waals surface area (Å²) in [6, 6.07) is 35.4. The van der Waals surface area contributed by atoms with Gasteiger partial charge in [-0.2, -0.15) is 5.21 Å². The predicted molar refractivity (Wildman–Crippen MR) is 372 cm³/mol. The summed E-state index contributed by atoms with van der Waals surface area (Å²) in [5.41, 5.74) is 19.7. The van der Waals surface area contributed by atoms with Gasteiger partial charge in [-0.3, -0.25) is 4.57 Å². The summed E-state index contributed by atoms with van der Waals surface area (Å²) in [7, 11) is 0. The second-order valence-electron chi connectivity index (χ2n) is 32.6. The summed E-state index contributed by atoms with van der Waals surface area (Å²) >= 11 is 0. The van der Waals surface area contributed by atoms with E-state index in [9.17, 15) is 0 Å². The molecule has 5 aromatic carbocycles. The average Bonchev–Trinajstić information content (AvgIpc) is 1.64. The minimum absolute atomic E-state index is 0.276. The molecule has 0 bridgehead atoms. The minimum atomic E-state index is 0.276. The lowest BCUT2D eigenvalue weighted by atomic mass is 9.61. The van der Waals surface area contributed by atoms with E-state index in [0.717, 1.165) is 71.0 Å². The van der Waals surface area contributed by atoms with Gasteiger partial charge in [0.25, 0.3) is 0 Å². The quantitative estimate of drug-likeness (QED) is 0.160. The van der Waals surface area contributed by atoms with Crippen molar-refractivity contribution in [2.24, 2.45) is 69.0 Å². The molecule has 0 radical (unpaired) electrons. The zero-order valence-corrected chi connectivity index (χ0v) is 58.2. The Morgan fingerprint density at radius 3 is 1.35 bits per heavy atom. The summed E-state index contributed by atoms with van der Waals surface area (Å²) in [6.07, 6.45) is 17.5. The van der Waals surface area contributed by atoms with E-state index in [1.54, 1.807) is 11.1 Å². The minimum Gasteiger partial charge on any atom is -0.306 e. The number of benzene rings is 5. The molecule has 0 fully saturated rings. The van der Waals surface area contributed by atoms with Crippen LogP contribution in [-0.2, 0) is 25.7 Å². The number of rotatable bonds is 7. The predicted octanol–water partition coefficient (Wildman–Crippen LogP) is 21.4. The number of fused-ring (bicyclic) bond motifs is 5. The third-order valence-electron chi connectivity index (χ3n) is 21.0. The van der Waals surface area contributed by atoms with Crippen LogP contribution in [0.2, 0.25) is 0 Å². The van der Waals surface area contributed by atoms with Crippen molar-refractivity contribution in [1.29, 1.82) is 0 Å². The van der Waals surface area contributed by atoms with E-state index >= 15 is 0 Å². The Hall–Kier alpha value is -6.66. The first kappa shape index (κ1) is 66.8. The number of hydrogen-bond donors (Lipinski definition) is 1. The van der Waals surface area contributed by atoms with Crippen molar-refractivity contribution in [2.45, 2.75) is 214 Å². The SMILES string of the molecule is CC(C)C1CCc2cc(-c3nn[nH]n3)ccc2C1C(C)(C)C.CC(C)C1CCc2cc(-n3ccnc3)ccc2C1C(C)(C)C.CC(C)C1CCc2cc(-n3cnc4ccccc43)ccc2C1C(C)(C)C.[C-]#[N+]c1ccc2c(c1)CCC(C(C)C)C2C(C)(C)C. The summed E-state index contributed by atoms with van der Waals surface area (Å²) < 4.78 is 4.32. The molecule has 8 aromatic rings. The molecule has 0 saturated heterocycles. The molecule has 89 heavy (non-hydrogen) atoms. The molecule has 0 amide bonds. The second-order valence-corrected chi connectivity index (χ2v) is 32.6. The van der Waals surface area contributed by atoms with Crippen molar-refractivity contribution in [3.8, 4) is 22.8 Å². The van der Waals surface area contributed by atoms with Gasteiger partial charge in [0.2, 0.25) is 5.82 Å². The van der Waals surface area contributed by atoms with E-state index in [4.69, 9.17) is 6.57 Å². The van der Waals surface area contributed by atoms with Gasteiger partial charge >= 0.3 is 0 Å². The number of hydrogen-bond acceptors (Lipinski definition) is 5. The molecule has 8 atom stereocenters. The number of nitrogens with one attached hydrogen (secondary N) is 1. The highest BCUT2D eigenvalue weighted by molar-refractivity contribution is 5.77. The molecule has 0 saturated carbocycles. The van der Waals surface area contributed by atoms with Gasteiger partial charge in [-0.15, -0.1) is 10.2 Å². The molecule has 12 rings (SSSR count). The lowest BCUT2D eigenvalue weighted by molar-refractivity contribution is 0.170. The number of nitrogens with zero attached hydrogens (tertiary/aromatic N) is 8. The zero-order chi connectivity index (χ0) is 64.5. The van der Waals surface area contributed by atoms with Crippen molar-refractivity contribution >= 4 is 16.7 Å². The van der Waals surface area contributed by atoms with Crippen LogP contribution in [0.1, 0.15) is 232 Å². The van der Waals surface area contributed by atoms with Crippen LogP contribution >= 0.6 is 0 Å². The molecule has 9 nitrogen and oxygen atoms in total. The number of aromatic amines is 1. The molecule has 4 aliphatic rings. The van der Waals surface area contributed by atoms with Crippen LogP contribution in [-0.4, -0.2) is 39.7 Å². The molecule has 474 valence electrons. The number of H-pyrrole nitrogens is 1. The summed E-state index contributed by atoms with van der Waals surface area (Å²) in [6.45, 7) is 54.7. The van der Waals surface area contributed by atoms with Crippen LogP contribution in [0.3, 0.4) is 0 Å². The van der Waals surface area contributed by atoms with Crippen molar-refractivity contribution in [3.05, 3.63) is 178 Å². The molecule has 3 heterocycles. The van der Waals surface area contributed by atoms with E-state index in [1.165, 1.54) is 88.8 Å². The molecule has 1 N–H and O–H groups in total. The van der Waals surface area contributed by atoms with Gasteiger partial charge in [-0.25, -0.2) is 14.8 Å². The highest BCUT2D eigenvalue weighted by Gasteiger charge is 2.43. The van der Waals surface area contributed by atoms with Crippen LogP contribution < -0.4 is 0 Å². The lowest BCUT2D eigenvalue weighted by Gasteiger charge is -2.44. The highest BCUT2D eigenvalue weighted by atomic mass is 15.5. The van der Waals surface area contributed by atoms with Gasteiger partial charge in [0.15, 0.2) is 5.69 Å². The van der Waals surface area contributed by atoms with Crippen LogP contribution in [0.4, 0.5) is 5.69 Å². The number of aryl methyl sites for hydroxylation is 4. The van der Waals surface area contributed by atoms with Crippen LogP contribution in [0.25, 0.3) is 38.6 Å². The van der Waals surface area contributed by atoms with Gasteiger partial charge in [0.1, 0.15) is 6.33 Å². The van der Waals surface area contributed by atoms with E-state index in [-0.39, 0.29) is 16.2 Å². The third kappa shape index (κ3) is 14.9. The topological polar surface area (TPSA) is 94.5 Å². The standard InChI is InChI=1S/C24H30N2.C20H28N2.C18H26N4.C18H25N/c1-16(2)19-12-10-17-14-18(11-13-20(17)23(19)24(3,4)5)26-15-25-21-8-6-7-9-22(21)26;1-14(2)17-8-6-15-12-16(22-11-10-21-13-22)7-9-18(15)19(17)20(3,4)5;1-11(2)14-8-6-12-10-13(17-19-21-22-20-17)7-9-15(12)16(14)18(3,4)5;1-12(2)15-9-7-13-11-14(19-6)8-10-16(13)17(15)18(3,4)5/h6-9,11,13-16,19,23H,10,12H2,1-5H3;7,9-14,17,19H,6,8H2,1-5H3;7,9-11,14,16H,6,8H2,1-5H3,(H,19,20,21,22);8,10-12,15,17H,7,9H2,1-5H3. The van der Waals surface area contributed by atoms with Crippen molar-refractivity contribution in [2.75, 3.05) is 0 Å². The average molecular weight is 1200 g/mol. The molecule has 8 unspecified atom stereocenters. The molecule has 9 heteroatoms. The van der Waals surface area contributed by atoms with Gasteiger partial charge in [0.05, 0.1) is 23.9 Å². The molecule has 3 aromatic heterocycles. The summed E-state index contributed by atoms with van der Waals surface area (Å²) in [5, 5.41) is 14.4. The Morgan fingerprint density at radius 2 is 0.921 bits per heavy atom. The van der Waals surface area contributed by atoms with Gasteiger partial charge in [0, 0.05) is 29.3 Å². The fourth-order valence-corrected chi connectivity index (χ4v) is 17.0. The Bertz CT molecular complexity index is 3540. The first-order chi connectivity index (χ1) is 42.0. The number of para-hydroxylation sites is 2. The van der Waals surface area contributed by atoms with Gasteiger partial charge in [-0.05, 0) is 231 Å². The first-order valence-electron chi connectivity index (χ1n) is 34.0. The lowest BCUT2D eigenvalue weighted by Crippen LogP contribution is -2.33. The maximum atomic E-state index is 7.17. The number of imidazole rings is 2. The van der Waals surface area contributed by atoms with Crippen molar-refractivity contribution in [3.63, 3.8) is 0 Å². The van der Waals surface area contributed by atoms with Crippen molar-refractivity contribution < 1.29 is 0 Å². The van der Waals surface area contributed by atoms with Gasteiger partial charge < -0.3 is 4.57 Å². The van der Waals surface area contributed by atoms with E-state index in [2.05, 4.69) is 268 Å². The Labute approximate surface area is 537 Å². The van der Waals surface area contributed by atoms with Crippen molar-refractivity contribution in [1.82, 2.24) is 39.7 Å². The van der Waals surface area contributed by atoms with Crippen LogP contribution in [0.5, 0.6) is 0 Å². The fraction of sp³-hybridized carbons (Fsp3) is 0.550. The Morgan fingerprint density at radius 1 is 0.494 bits per heavy atom. The first-order valence-corrected chi connectivity index (χ1v) is 34.0. The van der Waals surface area contributed by atoms with E-state index < -0.39 is 0 Å². The summed E-state index contributed by atoms with van der Waals surface area (Å²) in [4.78, 5) is 12.3. The Balaban J connectivity index is 0.000000142. The highest BCUT2D eigenvalue weighted by Crippen LogP contribution is 2.54.